The van der Waals surface area contributed by atoms with Crippen LogP contribution < -0.4 is 14.5 Å². The molecule has 158 valence electrons. The molecule has 2 aliphatic rings. The van der Waals surface area contributed by atoms with Crippen LogP contribution in [0, 0.1) is 5.92 Å². The number of anilines is 2. The van der Waals surface area contributed by atoms with E-state index in [2.05, 4.69) is 24.0 Å². The zero-order valence-electron chi connectivity index (χ0n) is 17.5. The molecule has 0 aliphatic carbocycles. The van der Waals surface area contributed by atoms with E-state index >= 15 is 0 Å². The summed E-state index contributed by atoms with van der Waals surface area (Å²) in [6.45, 7) is 6.22. The van der Waals surface area contributed by atoms with Gasteiger partial charge in [0.05, 0.1) is 12.5 Å². The summed E-state index contributed by atoms with van der Waals surface area (Å²) >= 11 is 0. The molecule has 2 fully saturated rings. The van der Waals surface area contributed by atoms with Gasteiger partial charge in [0.2, 0.25) is 11.8 Å². The van der Waals surface area contributed by atoms with Crippen molar-refractivity contribution in [2.24, 2.45) is 5.92 Å². The van der Waals surface area contributed by atoms with Crippen molar-refractivity contribution in [1.82, 2.24) is 4.90 Å². The molecule has 30 heavy (non-hydrogen) atoms. The van der Waals surface area contributed by atoms with Gasteiger partial charge in [-0.2, -0.15) is 0 Å². The first-order valence-corrected chi connectivity index (χ1v) is 10.8. The molecule has 1 atom stereocenters. The van der Waals surface area contributed by atoms with Crippen LogP contribution in [-0.2, 0) is 9.59 Å². The monoisotopic (exact) mass is 407 g/mol. The van der Waals surface area contributed by atoms with Gasteiger partial charge in [-0.05, 0) is 42.8 Å². The van der Waals surface area contributed by atoms with Crippen LogP contribution in [0.5, 0.6) is 5.75 Å². The van der Waals surface area contributed by atoms with Gasteiger partial charge in [0.25, 0.3) is 0 Å². The van der Waals surface area contributed by atoms with Gasteiger partial charge in [-0.3, -0.25) is 9.59 Å². The predicted molar refractivity (Wildman–Crippen MR) is 118 cm³/mol. The lowest BCUT2D eigenvalue weighted by Crippen LogP contribution is -2.50. The molecule has 2 aliphatic heterocycles. The maximum absolute atomic E-state index is 13.0. The van der Waals surface area contributed by atoms with Crippen molar-refractivity contribution in [2.75, 3.05) is 49.1 Å². The summed E-state index contributed by atoms with van der Waals surface area (Å²) in [5.41, 5.74) is 2.02. The van der Waals surface area contributed by atoms with E-state index in [1.54, 1.807) is 4.90 Å². The lowest BCUT2D eigenvalue weighted by atomic mass is 10.1. The van der Waals surface area contributed by atoms with Crippen molar-refractivity contribution in [2.45, 2.75) is 19.8 Å². The van der Waals surface area contributed by atoms with Gasteiger partial charge in [0.1, 0.15) is 5.75 Å². The summed E-state index contributed by atoms with van der Waals surface area (Å²) in [6, 6.07) is 17.8. The quantitative estimate of drug-likeness (QED) is 0.738. The zero-order chi connectivity index (χ0) is 20.9. The molecule has 2 aromatic carbocycles. The van der Waals surface area contributed by atoms with Gasteiger partial charge in [0, 0.05) is 50.5 Å². The molecule has 0 saturated carbocycles. The first-order valence-electron chi connectivity index (χ1n) is 10.8. The summed E-state index contributed by atoms with van der Waals surface area (Å²) in [5.74, 6) is 0.646. The Hall–Kier alpha value is -3.02. The van der Waals surface area contributed by atoms with Crippen molar-refractivity contribution < 1.29 is 14.3 Å². The highest BCUT2D eigenvalue weighted by atomic mass is 16.5. The number of carbonyl (C=O) groups excluding carboxylic acids is 2. The topological polar surface area (TPSA) is 53.1 Å². The Morgan fingerprint density at radius 1 is 0.967 bits per heavy atom. The van der Waals surface area contributed by atoms with Crippen LogP contribution in [0.25, 0.3) is 0 Å². The molecule has 0 spiro atoms. The molecule has 2 saturated heterocycles. The maximum Gasteiger partial charge on any atom is 0.228 e. The van der Waals surface area contributed by atoms with Crippen LogP contribution in [0.3, 0.4) is 0 Å². The second kappa shape index (κ2) is 9.20. The first-order chi connectivity index (χ1) is 14.7. The molecule has 2 heterocycles. The average molecular weight is 408 g/mol. The molecule has 2 aromatic rings. The fourth-order valence-corrected chi connectivity index (χ4v) is 4.15. The Bertz CT molecular complexity index is 861. The molecular formula is C24H29N3O3. The first kappa shape index (κ1) is 20.3. The van der Waals surface area contributed by atoms with Gasteiger partial charge >= 0.3 is 0 Å². The Balaban J connectivity index is 1.33. The Morgan fingerprint density at radius 3 is 2.33 bits per heavy atom. The minimum atomic E-state index is -0.267. The summed E-state index contributed by atoms with van der Waals surface area (Å²) in [6.07, 6.45) is 1.24. The molecule has 0 radical (unpaired) electrons. The van der Waals surface area contributed by atoms with Gasteiger partial charge in [-0.1, -0.05) is 25.1 Å². The average Bonchev–Trinajstić information content (AvgIpc) is 3.20. The van der Waals surface area contributed by atoms with Crippen LogP contribution in [0.4, 0.5) is 11.4 Å². The highest BCUT2D eigenvalue weighted by Gasteiger charge is 2.37. The maximum atomic E-state index is 13.0. The Labute approximate surface area is 178 Å². The number of carbonyl (C=O) groups is 2. The van der Waals surface area contributed by atoms with Crippen molar-refractivity contribution in [3.05, 3.63) is 54.6 Å². The van der Waals surface area contributed by atoms with Crippen LogP contribution in [0.15, 0.2) is 54.6 Å². The van der Waals surface area contributed by atoms with E-state index in [0.29, 0.717) is 26.2 Å². The van der Waals surface area contributed by atoms with Crippen molar-refractivity contribution in [1.29, 1.82) is 0 Å². The largest absolute Gasteiger partial charge is 0.494 e. The number of ether oxygens (including phenoxy) is 1. The van der Waals surface area contributed by atoms with Gasteiger partial charge in [0.15, 0.2) is 0 Å². The fourth-order valence-electron chi connectivity index (χ4n) is 4.15. The van der Waals surface area contributed by atoms with Gasteiger partial charge in [-0.15, -0.1) is 0 Å². The van der Waals surface area contributed by atoms with Crippen LogP contribution in [0.2, 0.25) is 0 Å². The smallest absolute Gasteiger partial charge is 0.228 e. The van der Waals surface area contributed by atoms with E-state index in [-0.39, 0.29) is 24.2 Å². The minimum absolute atomic E-state index is 0.0125. The fraction of sp³-hybridized carbons (Fsp3) is 0.417. The van der Waals surface area contributed by atoms with E-state index in [9.17, 15) is 9.59 Å². The molecule has 0 aromatic heterocycles. The molecular weight excluding hydrogens is 378 g/mol. The van der Waals surface area contributed by atoms with E-state index in [4.69, 9.17) is 4.74 Å². The highest BCUT2D eigenvalue weighted by molar-refractivity contribution is 6.00. The molecule has 6 nitrogen and oxygen atoms in total. The number of benzene rings is 2. The predicted octanol–water partition coefficient (Wildman–Crippen LogP) is 3.18. The Morgan fingerprint density at radius 2 is 1.67 bits per heavy atom. The zero-order valence-corrected chi connectivity index (χ0v) is 17.5. The standard InChI is InChI=1S/C24H29N3O3/c1-2-16-30-22-10-8-21(9-11-22)27-18-19(17-23(27)28)24(29)26-14-12-25(13-15-26)20-6-4-3-5-7-20/h3-11,19H,2,12-18H2,1H3/t19-/m1/s1. The molecule has 0 bridgehead atoms. The van der Waals surface area contributed by atoms with E-state index in [0.717, 1.165) is 30.9 Å². The van der Waals surface area contributed by atoms with Crippen molar-refractivity contribution in [3.8, 4) is 5.75 Å². The lowest BCUT2D eigenvalue weighted by molar-refractivity contribution is -0.136. The molecule has 0 unspecified atom stereocenters. The molecule has 4 rings (SSSR count). The summed E-state index contributed by atoms with van der Waals surface area (Å²) in [4.78, 5) is 31.6. The number of hydrogen-bond acceptors (Lipinski definition) is 4. The second-order valence-corrected chi connectivity index (χ2v) is 7.90. The summed E-state index contributed by atoms with van der Waals surface area (Å²) in [7, 11) is 0. The van der Waals surface area contributed by atoms with E-state index in [1.165, 1.54) is 5.69 Å². The highest BCUT2D eigenvalue weighted by Crippen LogP contribution is 2.28. The van der Waals surface area contributed by atoms with Crippen molar-refractivity contribution in [3.63, 3.8) is 0 Å². The lowest BCUT2D eigenvalue weighted by Gasteiger charge is -2.37. The number of amides is 2. The minimum Gasteiger partial charge on any atom is -0.494 e. The number of para-hydroxylation sites is 1. The number of rotatable bonds is 6. The van der Waals surface area contributed by atoms with Crippen molar-refractivity contribution >= 4 is 23.2 Å². The van der Waals surface area contributed by atoms with Crippen LogP contribution in [0.1, 0.15) is 19.8 Å². The van der Waals surface area contributed by atoms with Gasteiger partial charge in [-0.25, -0.2) is 0 Å². The normalized spacial score (nSPS) is 19.3. The van der Waals surface area contributed by atoms with E-state index in [1.807, 2.05) is 47.4 Å². The van der Waals surface area contributed by atoms with Gasteiger partial charge < -0.3 is 19.4 Å². The SMILES string of the molecule is CCCOc1ccc(N2C[C@H](C(=O)N3CCN(c4ccccc4)CC3)CC2=O)cc1. The number of hydrogen-bond donors (Lipinski definition) is 0. The van der Waals surface area contributed by atoms with E-state index < -0.39 is 0 Å². The number of nitrogens with zero attached hydrogens (tertiary/aromatic N) is 3. The summed E-state index contributed by atoms with van der Waals surface area (Å²) in [5, 5.41) is 0. The third-order valence-corrected chi connectivity index (χ3v) is 5.81. The third kappa shape index (κ3) is 4.42. The van der Waals surface area contributed by atoms with Crippen LogP contribution >= 0.6 is 0 Å². The second-order valence-electron chi connectivity index (χ2n) is 7.90. The molecule has 2 amide bonds. The summed E-state index contributed by atoms with van der Waals surface area (Å²) < 4.78 is 5.61. The number of piperazine rings is 1. The third-order valence-electron chi connectivity index (χ3n) is 5.81. The molecule has 0 N–H and O–H groups in total. The Kier molecular flexibility index (Phi) is 6.21. The van der Waals surface area contributed by atoms with Crippen LogP contribution in [-0.4, -0.2) is 56.0 Å². The molecule has 6 heteroatoms.